The second kappa shape index (κ2) is 8.81. The summed E-state index contributed by atoms with van der Waals surface area (Å²) in [5.74, 6) is 1.14. The summed E-state index contributed by atoms with van der Waals surface area (Å²) in [6, 6.07) is 13.7. The van der Waals surface area contributed by atoms with Gasteiger partial charge in [-0.1, -0.05) is 43.8 Å². The predicted octanol–water partition coefficient (Wildman–Crippen LogP) is 3.58. The van der Waals surface area contributed by atoms with E-state index in [1.54, 1.807) is 12.4 Å². The molecule has 0 aliphatic carbocycles. The Kier molecular flexibility index (Phi) is 6.24. The fourth-order valence-electron chi connectivity index (χ4n) is 2.50. The molecular weight excluding hydrogens is 358 g/mol. The average Bonchev–Trinajstić information content (AvgIpc) is 3.10. The Balaban J connectivity index is 1.92. The van der Waals surface area contributed by atoms with Gasteiger partial charge < -0.3 is 5.32 Å². The minimum atomic E-state index is -0.277. The first-order chi connectivity index (χ1) is 13.1. The van der Waals surface area contributed by atoms with Crippen LogP contribution in [0.4, 0.5) is 0 Å². The van der Waals surface area contributed by atoms with Crippen molar-refractivity contribution < 1.29 is 4.79 Å². The van der Waals surface area contributed by atoms with Gasteiger partial charge in [-0.05, 0) is 37.1 Å². The number of pyridine rings is 1. The number of thioether (sulfide) groups is 1. The Hall–Kier alpha value is -2.67. The maximum absolute atomic E-state index is 12.4. The molecule has 0 saturated carbocycles. The Labute approximate surface area is 163 Å². The second-order valence-electron chi connectivity index (χ2n) is 6.61. The molecule has 0 fully saturated rings. The van der Waals surface area contributed by atoms with E-state index in [2.05, 4.69) is 34.3 Å². The lowest BCUT2D eigenvalue weighted by Crippen LogP contribution is -2.33. The van der Waals surface area contributed by atoms with Crippen LogP contribution in [0.2, 0.25) is 0 Å². The zero-order chi connectivity index (χ0) is 19.2. The summed E-state index contributed by atoms with van der Waals surface area (Å²) < 4.78 is 1.98. The highest BCUT2D eigenvalue weighted by molar-refractivity contribution is 8.00. The molecule has 0 spiro atoms. The third-order valence-corrected chi connectivity index (χ3v) is 4.96. The third-order valence-electron chi connectivity index (χ3n) is 3.92. The van der Waals surface area contributed by atoms with Crippen LogP contribution in [0.1, 0.15) is 20.8 Å². The molecule has 0 radical (unpaired) electrons. The van der Waals surface area contributed by atoms with Gasteiger partial charge in [0.05, 0.1) is 5.25 Å². The van der Waals surface area contributed by atoms with Gasteiger partial charge in [0.1, 0.15) is 0 Å². The average molecular weight is 382 g/mol. The van der Waals surface area contributed by atoms with E-state index in [1.165, 1.54) is 11.8 Å². The van der Waals surface area contributed by atoms with Crippen molar-refractivity contribution in [1.29, 1.82) is 0 Å². The number of benzene rings is 1. The zero-order valence-electron chi connectivity index (χ0n) is 15.7. The number of nitrogens with one attached hydrogen (secondary N) is 1. The maximum atomic E-state index is 12.4. The molecule has 1 unspecified atom stereocenters. The molecule has 1 atom stereocenters. The molecule has 3 rings (SSSR count). The fourth-order valence-corrected chi connectivity index (χ4v) is 3.40. The standard InChI is InChI=1S/C20H23N5OS/c1-14(2)13-22-19(26)15(3)27-20-24-23-18(16-9-11-21-12-10-16)25(20)17-7-5-4-6-8-17/h4-12,14-15H,13H2,1-3H3,(H,22,26). The van der Waals surface area contributed by atoms with Gasteiger partial charge >= 0.3 is 0 Å². The lowest BCUT2D eigenvalue weighted by molar-refractivity contribution is -0.120. The molecule has 1 aromatic carbocycles. The van der Waals surface area contributed by atoms with Gasteiger partial charge in [0.2, 0.25) is 5.91 Å². The first kappa shape index (κ1) is 19.1. The highest BCUT2D eigenvalue weighted by Crippen LogP contribution is 2.29. The van der Waals surface area contributed by atoms with Crippen LogP contribution in [0.3, 0.4) is 0 Å². The van der Waals surface area contributed by atoms with Gasteiger partial charge in [-0.2, -0.15) is 0 Å². The van der Waals surface area contributed by atoms with Crippen LogP contribution in [-0.2, 0) is 4.79 Å². The topological polar surface area (TPSA) is 72.7 Å². The van der Waals surface area contributed by atoms with Crippen LogP contribution in [0, 0.1) is 5.92 Å². The first-order valence-electron chi connectivity index (χ1n) is 8.92. The van der Waals surface area contributed by atoms with Crippen molar-refractivity contribution in [3.63, 3.8) is 0 Å². The van der Waals surface area contributed by atoms with Crippen LogP contribution in [0.25, 0.3) is 17.1 Å². The number of nitrogens with zero attached hydrogens (tertiary/aromatic N) is 4. The highest BCUT2D eigenvalue weighted by Gasteiger charge is 2.21. The van der Waals surface area contributed by atoms with Gasteiger partial charge in [0.15, 0.2) is 11.0 Å². The predicted molar refractivity (Wildman–Crippen MR) is 108 cm³/mol. The molecule has 0 bridgehead atoms. The van der Waals surface area contributed by atoms with Gasteiger partial charge in [0.25, 0.3) is 0 Å². The van der Waals surface area contributed by atoms with E-state index in [0.717, 1.165) is 17.1 Å². The van der Waals surface area contributed by atoms with Crippen LogP contribution >= 0.6 is 11.8 Å². The van der Waals surface area contributed by atoms with Gasteiger partial charge in [-0.3, -0.25) is 14.3 Å². The Morgan fingerprint density at radius 1 is 1.07 bits per heavy atom. The van der Waals surface area contributed by atoms with E-state index < -0.39 is 0 Å². The van der Waals surface area contributed by atoms with E-state index in [-0.39, 0.29) is 11.2 Å². The summed E-state index contributed by atoms with van der Waals surface area (Å²) in [6.45, 7) is 6.70. The van der Waals surface area contributed by atoms with Crippen LogP contribution in [0.5, 0.6) is 0 Å². The molecule has 27 heavy (non-hydrogen) atoms. The van der Waals surface area contributed by atoms with Crippen molar-refractivity contribution >= 4 is 17.7 Å². The second-order valence-corrected chi connectivity index (χ2v) is 7.92. The fraction of sp³-hybridized carbons (Fsp3) is 0.300. The minimum Gasteiger partial charge on any atom is -0.355 e. The number of hydrogen-bond acceptors (Lipinski definition) is 5. The molecule has 2 aromatic heterocycles. The quantitative estimate of drug-likeness (QED) is 0.633. The molecular formula is C20H23N5OS. The number of amides is 1. The first-order valence-corrected chi connectivity index (χ1v) is 9.80. The van der Waals surface area contributed by atoms with Crippen molar-refractivity contribution in [2.24, 2.45) is 5.92 Å². The van der Waals surface area contributed by atoms with Gasteiger partial charge in [0, 0.05) is 30.2 Å². The summed E-state index contributed by atoms with van der Waals surface area (Å²) in [6.07, 6.45) is 3.46. The van der Waals surface area contributed by atoms with Crippen molar-refractivity contribution in [2.45, 2.75) is 31.2 Å². The summed E-state index contributed by atoms with van der Waals surface area (Å²) in [5, 5.41) is 12.1. The maximum Gasteiger partial charge on any atom is 0.233 e. The number of para-hydroxylation sites is 1. The van der Waals surface area contributed by atoms with Gasteiger partial charge in [-0.25, -0.2) is 0 Å². The number of carbonyl (C=O) groups excluding carboxylic acids is 1. The van der Waals surface area contributed by atoms with Crippen LogP contribution < -0.4 is 5.32 Å². The normalized spacial score (nSPS) is 12.1. The molecule has 0 aliphatic heterocycles. The number of rotatable bonds is 7. The monoisotopic (exact) mass is 381 g/mol. The Morgan fingerprint density at radius 2 is 1.78 bits per heavy atom. The molecule has 0 saturated heterocycles. The van der Waals surface area contributed by atoms with Crippen molar-refractivity contribution in [2.75, 3.05) is 6.54 Å². The SMILES string of the molecule is CC(C)CNC(=O)C(C)Sc1nnc(-c2ccncc2)n1-c1ccccc1. The molecule has 3 aromatic rings. The summed E-state index contributed by atoms with van der Waals surface area (Å²) in [5.41, 5.74) is 1.87. The minimum absolute atomic E-state index is 0.00164. The van der Waals surface area contributed by atoms with Crippen molar-refractivity contribution in [3.8, 4) is 17.1 Å². The largest absolute Gasteiger partial charge is 0.355 e. The molecule has 1 N–H and O–H groups in total. The Morgan fingerprint density at radius 3 is 2.44 bits per heavy atom. The molecule has 1 amide bonds. The number of carbonyl (C=O) groups is 1. The van der Waals surface area contributed by atoms with E-state index in [4.69, 9.17) is 0 Å². The summed E-state index contributed by atoms with van der Waals surface area (Å²) >= 11 is 1.40. The summed E-state index contributed by atoms with van der Waals surface area (Å²) in [7, 11) is 0. The van der Waals surface area contributed by atoms with E-state index in [0.29, 0.717) is 17.6 Å². The Bertz CT molecular complexity index is 880. The number of hydrogen-bond donors (Lipinski definition) is 1. The molecule has 2 heterocycles. The summed E-state index contributed by atoms with van der Waals surface area (Å²) in [4.78, 5) is 16.4. The number of aromatic nitrogens is 4. The molecule has 6 nitrogen and oxygen atoms in total. The van der Waals surface area contributed by atoms with Crippen LogP contribution in [-0.4, -0.2) is 37.5 Å². The van der Waals surface area contributed by atoms with E-state index in [9.17, 15) is 4.79 Å². The lowest BCUT2D eigenvalue weighted by atomic mass is 10.2. The molecule has 140 valence electrons. The van der Waals surface area contributed by atoms with Gasteiger partial charge in [-0.15, -0.1) is 10.2 Å². The third kappa shape index (κ3) is 4.74. The van der Waals surface area contributed by atoms with Crippen LogP contribution in [0.15, 0.2) is 60.0 Å². The zero-order valence-corrected chi connectivity index (χ0v) is 16.5. The highest BCUT2D eigenvalue weighted by atomic mass is 32.2. The molecule has 0 aliphatic rings. The smallest absolute Gasteiger partial charge is 0.233 e. The van der Waals surface area contributed by atoms with Crippen molar-refractivity contribution in [3.05, 3.63) is 54.9 Å². The van der Waals surface area contributed by atoms with E-state index >= 15 is 0 Å². The molecule has 7 heteroatoms. The lowest BCUT2D eigenvalue weighted by Gasteiger charge is -2.14. The van der Waals surface area contributed by atoms with E-state index in [1.807, 2.05) is 54.0 Å². The van der Waals surface area contributed by atoms with Crippen molar-refractivity contribution in [1.82, 2.24) is 25.1 Å².